The molecule has 2 aliphatic heterocycles. The van der Waals surface area contributed by atoms with Crippen LogP contribution in [-0.2, 0) is 11.8 Å². The monoisotopic (exact) mass is 531 g/mol. The van der Waals surface area contributed by atoms with Gasteiger partial charge in [-0.15, -0.1) is 0 Å². The number of halogens is 2. The molecule has 0 radical (unpaired) electrons. The van der Waals surface area contributed by atoms with Crippen LogP contribution in [0.25, 0.3) is 10.6 Å². The number of anilines is 3. The lowest BCUT2D eigenvalue weighted by Gasteiger charge is -2.39. The lowest BCUT2D eigenvalue weighted by atomic mass is 9.88. The third-order valence-electron chi connectivity index (χ3n) is 6.95. The first-order valence-corrected chi connectivity index (χ1v) is 13.2. The van der Waals surface area contributed by atoms with Gasteiger partial charge in [0.25, 0.3) is 5.91 Å². The Bertz CT molecular complexity index is 1270. The van der Waals surface area contributed by atoms with E-state index in [1.165, 1.54) is 6.07 Å². The number of nitrogens with two attached hydrogens (primary N) is 1. The van der Waals surface area contributed by atoms with Gasteiger partial charge in [-0.2, -0.15) is 5.10 Å². The van der Waals surface area contributed by atoms with E-state index in [4.69, 9.17) is 10.5 Å². The maximum absolute atomic E-state index is 14.2. The van der Waals surface area contributed by atoms with Crippen LogP contribution in [0.15, 0.2) is 24.4 Å². The van der Waals surface area contributed by atoms with Crippen molar-refractivity contribution in [2.45, 2.75) is 32.2 Å². The highest BCUT2D eigenvalue weighted by molar-refractivity contribution is 7.19. The maximum atomic E-state index is 14.2. The average molecular weight is 532 g/mol. The summed E-state index contributed by atoms with van der Waals surface area (Å²) in [4.78, 5) is 19.5. The molecule has 12 heteroatoms. The SMILES string of the molecule is Cn1ncc(NC(=O)c2nc(-c3c(F)cccc3F)sc2N)c1N1CCC[C@H](NCC2(C)COC2)CC1. The molecule has 1 atom stereocenters. The average Bonchev–Trinajstić information content (AvgIpc) is 3.30. The van der Waals surface area contributed by atoms with Crippen LogP contribution >= 0.6 is 11.3 Å². The normalized spacial score (nSPS) is 19.4. The molecule has 0 bridgehead atoms. The van der Waals surface area contributed by atoms with Crippen LogP contribution < -0.4 is 21.3 Å². The highest BCUT2D eigenvalue weighted by Gasteiger charge is 2.34. The number of carbonyl (C=O) groups excluding carboxylic acids is 1. The predicted molar refractivity (Wildman–Crippen MR) is 140 cm³/mol. The van der Waals surface area contributed by atoms with E-state index in [0.29, 0.717) is 11.7 Å². The molecule has 0 spiro atoms. The van der Waals surface area contributed by atoms with Crippen LogP contribution in [0.2, 0.25) is 0 Å². The van der Waals surface area contributed by atoms with Crippen LogP contribution in [0.4, 0.5) is 25.3 Å². The Morgan fingerprint density at radius 2 is 2.03 bits per heavy atom. The Hall–Kier alpha value is -3.09. The molecule has 1 aromatic carbocycles. The number of benzene rings is 1. The van der Waals surface area contributed by atoms with Crippen molar-refractivity contribution < 1.29 is 18.3 Å². The fourth-order valence-corrected chi connectivity index (χ4v) is 5.71. The second-order valence-electron chi connectivity index (χ2n) is 10.1. The summed E-state index contributed by atoms with van der Waals surface area (Å²) in [5, 5.41) is 11.0. The standard InChI is InChI=1S/C25H31F2N7O2S/c1-25(13-36-14-25)12-29-15-5-4-9-34(10-8-15)24-18(11-30-33(24)2)31-22(35)20-21(28)37-23(32-20)19-16(26)6-3-7-17(19)27/h3,6-7,11,15,29H,4-5,8-10,12-14,28H2,1-2H3,(H,31,35)/t15-/m0/s1. The van der Waals surface area contributed by atoms with Crippen molar-refractivity contribution >= 4 is 33.8 Å². The second-order valence-corrected chi connectivity index (χ2v) is 11.1. The van der Waals surface area contributed by atoms with Gasteiger partial charge in [0, 0.05) is 38.1 Å². The number of aromatic nitrogens is 3. The highest BCUT2D eigenvalue weighted by atomic mass is 32.1. The lowest BCUT2D eigenvalue weighted by Crippen LogP contribution is -2.49. The summed E-state index contributed by atoms with van der Waals surface area (Å²) in [6.07, 6.45) is 4.62. The summed E-state index contributed by atoms with van der Waals surface area (Å²) in [6, 6.07) is 3.97. The number of amides is 1. The zero-order valence-corrected chi connectivity index (χ0v) is 21.7. The number of nitrogens with zero attached hydrogens (tertiary/aromatic N) is 4. The Kier molecular flexibility index (Phi) is 7.15. The Labute approximate surface area is 218 Å². The molecule has 0 unspecified atom stereocenters. The number of thiazole rings is 1. The van der Waals surface area contributed by atoms with E-state index in [1.54, 1.807) is 10.9 Å². The van der Waals surface area contributed by atoms with Gasteiger partial charge in [-0.25, -0.2) is 13.8 Å². The van der Waals surface area contributed by atoms with Gasteiger partial charge in [0.2, 0.25) is 0 Å². The number of nitrogens with one attached hydrogen (secondary N) is 2. The van der Waals surface area contributed by atoms with Gasteiger partial charge in [-0.05, 0) is 31.4 Å². The van der Waals surface area contributed by atoms with Crippen LogP contribution in [0.5, 0.6) is 0 Å². The van der Waals surface area contributed by atoms with Crippen molar-refractivity contribution in [3.05, 3.63) is 41.7 Å². The molecule has 0 saturated carbocycles. The summed E-state index contributed by atoms with van der Waals surface area (Å²) >= 11 is 0.867. The quantitative estimate of drug-likeness (QED) is 0.427. The van der Waals surface area contributed by atoms with Crippen LogP contribution in [-0.4, -0.2) is 59.6 Å². The minimum absolute atomic E-state index is 0.0121. The molecule has 9 nitrogen and oxygen atoms in total. The van der Waals surface area contributed by atoms with E-state index in [0.717, 1.165) is 81.4 Å². The largest absolute Gasteiger partial charge is 0.389 e. The first-order valence-electron chi connectivity index (χ1n) is 12.3. The van der Waals surface area contributed by atoms with Crippen molar-refractivity contribution in [2.75, 3.05) is 48.8 Å². The first-order chi connectivity index (χ1) is 17.7. The molecule has 2 aliphatic rings. The second kappa shape index (κ2) is 10.3. The fourth-order valence-electron chi connectivity index (χ4n) is 4.84. The van der Waals surface area contributed by atoms with Gasteiger partial charge in [0.05, 0.1) is 25.0 Å². The molecule has 5 rings (SSSR count). The van der Waals surface area contributed by atoms with Crippen molar-refractivity contribution in [1.29, 1.82) is 0 Å². The molecule has 0 aliphatic carbocycles. The summed E-state index contributed by atoms with van der Waals surface area (Å²) < 4.78 is 35.6. The number of ether oxygens (including phenoxy) is 1. The Morgan fingerprint density at radius 1 is 1.27 bits per heavy atom. The van der Waals surface area contributed by atoms with Crippen LogP contribution in [0, 0.1) is 17.0 Å². The van der Waals surface area contributed by atoms with Crippen molar-refractivity contribution in [3.8, 4) is 10.6 Å². The minimum atomic E-state index is -0.765. The van der Waals surface area contributed by atoms with E-state index in [1.807, 2.05) is 7.05 Å². The van der Waals surface area contributed by atoms with Crippen LogP contribution in [0.1, 0.15) is 36.7 Å². The molecule has 4 heterocycles. The molecular formula is C25H31F2N7O2S. The molecule has 2 aromatic heterocycles. The van der Waals surface area contributed by atoms with Crippen molar-refractivity contribution in [2.24, 2.45) is 12.5 Å². The molecule has 3 aromatic rings. The van der Waals surface area contributed by atoms with Crippen LogP contribution in [0.3, 0.4) is 0 Å². The molecule has 37 heavy (non-hydrogen) atoms. The number of hydrogen-bond donors (Lipinski definition) is 3. The fraction of sp³-hybridized carbons (Fsp3) is 0.480. The Morgan fingerprint density at radius 3 is 2.73 bits per heavy atom. The van der Waals surface area contributed by atoms with E-state index >= 15 is 0 Å². The zero-order valence-electron chi connectivity index (χ0n) is 20.9. The van der Waals surface area contributed by atoms with Crippen molar-refractivity contribution in [3.63, 3.8) is 0 Å². The number of rotatable bonds is 7. The zero-order chi connectivity index (χ0) is 26.2. The maximum Gasteiger partial charge on any atom is 0.277 e. The molecular weight excluding hydrogens is 500 g/mol. The van der Waals surface area contributed by atoms with Gasteiger partial charge in [-0.3, -0.25) is 9.48 Å². The summed E-state index contributed by atoms with van der Waals surface area (Å²) in [7, 11) is 1.83. The first kappa shape index (κ1) is 25.6. The third-order valence-corrected chi connectivity index (χ3v) is 7.85. The third kappa shape index (κ3) is 5.32. The van der Waals surface area contributed by atoms with E-state index in [-0.39, 0.29) is 26.7 Å². The van der Waals surface area contributed by atoms with E-state index < -0.39 is 17.5 Å². The van der Waals surface area contributed by atoms with Gasteiger partial charge < -0.3 is 26.0 Å². The Balaban J connectivity index is 1.28. The number of hydrogen-bond acceptors (Lipinski definition) is 8. The van der Waals surface area contributed by atoms with Gasteiger partial charge in [-0.1, -0.05) is 24.3 Å². The van der Waals surface area contributed by atoms with Gasteiger partial charge in [0.15, 0.2) is 11.5 Å². The van der Waals surface area contributed by atoms with Gasteiger partial charge in [0.1, 0.15) is 27.3 Å². The molecule has 198 valence electrons. The van der Waals surface area contributed by atoms with E-state index in [2.05, 4.69) is 32.5 Å². The number of nitrogen functional groups attached to an aromatic ring is 1. The topological polar surface area (TPSA) is 110 Å². The lowest BCUT2D eigenvalue weighted by molar-refractivity contribution is -0.100. The number of carbonyl (C=O) groups is 1. The van der Waals surface area contributed by atoms with E-state index in [9.17, 15) is 13.6 Å². The highest BCUT2D eigenvalue weighted by Crippen LogP contribution is 2.35. The minimum Gasteiger partial charge on any atom is -0.389 e. The number of aryl methyl sites for hydroxylation is 1. The van der Waals surface area contributed by atoms with Crippen molar-refractivity contribution in [1.82, 2.24) is 20.1 Å². The predicted octanol–water partition coefficient (Wildman–Crippen LogP) is 3.64. The molecule has 1 amide bonds. The summed E-state index contributed by atoms with van der Waals surface area (Å²) in [5.41, 5.74) is 6.41. The summed E-state index contributed by atoms with van der Waals surface area (Å²) in [6.45, 7) is 6.42. The molecule has 4 N–H and O–H groups in total. The van der Waals surface area contributed by atoms with Gasteiger partial charge >= 0.3 is 0 Å². The smallest absolute Gasteiger partial charge is 0.277 e. The molecule has 2 saturated heterocycles. The molecule has 2 fully saturated rings. The summed E-state index contributed by atoms with van der Waals surface area (Å²) in [5.74, 6) is -1.29.